The normalized spacial score (nSPS) is 15.2. The molecule has 5 heteroatoms. The number of aromatic nitrogens is 1. The number of hydrogen-bond acceptors (Lipinski definition) is 3. The average Bonchev–Trinajstić information content (AvgIpc) is 2.66. The molecule has 1 saturated carbocycles. The van der Waals surface area contributed by atoms with Crippen molar-refractivity contribution in [3.63, 3.8) is 0 Å². The Balaban J connectivity index is 1.53. The first kappa shape index (κ1) is 17.5. The van der Waals surface area contributed by atoms with Crippen LogP contribution in [0, 0.1) is 5.82 Å². The molecule has 0 aliphatic heterocycles. The molecule has 0 unspecified atom stereocenters. The maximum atomic E-state index is 12.9. The lowest BCUT2D eigenvalue weighted by Gasteiger charge is -2.37. The first-order valence-corrected chi connectivity index (χ1v) is 8.97. The molecule has 2 aromatic carbocycles. The Labute approximate surface area is 156 Å². The maximum Gasteiger partial charge on any atom is 0.258 e. The van der Waals surface area contributed by atoms with Gasteiger partial charge in [0.2, 0.25) is 0 Å². The zero-order valence-corrected chi connectivity index (χ0v) is 14.8. The molecule has 0 saturated heterocycles. The third-order valence-corrected chi connectivity index (χ3v) is 5.05. The lowest BCUT2D eigenvalue weighted by Crippen LogP contribution is -2.33. The minimum Gasteiger partial charge on any atom is -0.489 e. The number of halogens is 1. The van der Waals surface area contributed by atoms with Crippen LogP contribution in [0.1, 0.15) is 30.4 Å². The number of benzene rings is 2. The second-order valence-corrected chi connectivity index (χ2v) is 6.92. The molecular weight excluding hydrogens is 345 g/mol. The molecule has 0 radical (unpaired) electrons. The first-order chi connectivity index (χ1) is 13.0. The summed E-state index contributed by atoms with van der Waals surface area (Å²) in [5.41, 5.74) is 1.39. The van der Waals surface area contributed by atoms with Gasteiger partial charge >= 0.3 is 0 Å². The Morgan fingerprint density at radius 3 is 2.52 bits per heavy atom. The van der Waals surface area contributed by atoms with Crippen LogP contribution in [0.15, 0.2) is 71.7 Å². The Kier molecular flexibility index (Phi) is 4.54. The molecule has 27 heavy (non-hydrogen) atoms. The van der Waals surface area contributed by atoms with Gasteiger partial charge in [-0.05, 0) is 60.7 Å². The maximum absolute atomic E-state index is 12.9. The van der Waals surface area contributed by atoms with Crippen molar-refractivity contribution in [2.24, 2.45) is 0 Å². The summed E-state index contributed by atoms with van der Waals surface area (Å²) >= 11 is 0. The summed E-state index contributed by atoms with van der Waals surface area (Å²) in [7, 11) is 0. The molecule has 1 aromatic heterocycles. The summed E-state index contributed by atoms with van der Waals surface area (Å²) in [6.45, 7) is 0.256. The van der Waals surface area contributed by atoms with Crippen LogP contribution >= 0.6 is 0 Å². The van der Waals surface area contributed by atoms with Gasteiger partial charge in [-0.2, -0.15) is 0 Å². The Morgan fingerprint density at radius 1 is 1.07 bits per heavy atom. The fraction of sp³-hybridized carbons (Fsp3) is 0.227. The predicted octanol–water partition coefficient (Wildman–Crippen LogP) is 3.93. The van der Waals surface area contributed by atoms with Gasteiger partial charge in [-0.3, -0.25) is 9.36 Å². The highest BCUT2D eigenvalue weighted by Crippen LogP contribution is 2.41. The third kappa shape index (κ3) is 3.64. The molecule has 0 bridgehead atoms. The van der Waals surface area contributed by atoms with Gasteiger partial charge in [0.05, 0.1) is 5.60 Å². The standard InChI is InChI=1S/C22H20FNO3/c23-18-7-5-16(6-8-18)15-27-20-9-12-24(21(25)14-20)19-4-1-3-17(13-19)22(26)10-2-11-22/h1,3-9,12-14,26H,2,10-11,15H2. The SMILES string of the molecule is O=c1cc(OCc2ccc(F)cc2)ccn1-c1cccc(C2(O)CCC2)c1. The molecule has 0 spiro atoms. The minimum absolute atomic E-state index is 0.218. The highest BCUT2D eigenvalue weighted by molar-refractivity contribution is 5.40. The summed E-state index contributed by atoms with van der Waals surface area (Å²) in [4.78, 5) is 12.5. The summed E-state index contributed by atoms with van der Waals surface area (Å²) < 4.78 is 20.1. The van der Waals surface area contributed by atoms with Crippen molar-refractivity contribution in [2.45, 2.75) is 31.5 Å². The Hall–Kier alpha value is -2.92. The molecule has 4 rings (SSSR count). The van der Waals surface area contributed by atoms with Gasteiger partial charge in [0.25, 0.3) is 5.56 Å². The van der Waals surface area contributed by atoms with Crippen LogP contribution in [0.5, 0.6) is 5.75 Å². The molecule has 3 aromatic rings. The molecule has 1 N–H and O–H groups in total. The van der Waals surface area contributed by atoms with E-state index in [1.165, 1.54) is 22.8 Å². The molecule has 1 heterocycles. The van der Waals surface area contributed by atoms with Crippen LogP contribution in [-0.4, -0.2) is 9.67 Å². The van der Waals surface area contributed by atoms with Crippen molar-refractivity contribution in [1.29, 1.82) is 0 Å². The van der Waals surface area contributed by atoms with Crippen molar-refractivity contribution in [3.8, 4) is 11.4 Å². The van der Waals surface area contributed by atoms with Gasteiger partial charge in [0.15, 0.2) is 0 Å². The Morgan fingerprint density at radius 2 is 1.85 bits per heavy atom. The molecule has 138 valence electrons. The topological polar surface area (TPSA) is 51.5 Å². The van der Waals surface area contributed by atoms with Crippen LogP contribution in [0.2, 0.25) is 0 Å². The lowest BCUT2D eigenvalue weighted by atomic mass is 9.75. The summed E-state index contributed by atoms with van der Waals surface area (Å²) in [5.74, 6) is 0.157. The molecular formula is C22H20FNO3. The van der Waals surface area contributed by atoms with Gasteiger partial charge in [-0.15, -0.1) is 0 Å². The van der Waals surface area contributed by atoms with Crippen LogP contribution in [-0.2, 0) is 12.2 Å². The highest BCUT2D eigenvalue weighted by Gasteiger charge is 2.36. The number of hydrogen-bond donors (Lipinski definition) is 1. The Bertz CT molecular complexity index is 1010. The fourth-order valence-electron chi connectivity index (χ4n) is 3.26. The van der Waals surface area contributed by atoms with E-state index in [2.05, 4.69) is 0 Å². The van der Waals surface area contributed by atoms with Gasteiger partial charge in [-0.1, -0.05) is 24.3 Å². The van der Waals surface area contributed by atoms with Crippen molar-refractivity contribution < 1.29 is 14.2 Å². The van der Waals surface area contributed by atoms with E-state index in [0.29, 0.717) is 11.4 Å². The molecule has 0 amide bonds. The van der Waals surface area contributed by atoms with E-state index < -0.39 is 5.60 Å². The van der Waals surface area contributed by atoms with Crippen molar-refractivity contribution in [3.05, 3.63) is 94.2 Å². The molecule has 1 fully saturated rings. The monoisotopic (exact) mass is 365 g/mol. The average molecular weight is 365 g/mol. The highest BCUT2D eigenvalue weighted by atomic mass is 19.1. The van der Waals surface area contributed by atoms with Crippen molar-refractivity contribution in [2.75, 3.05) is 0 Å². The number of rotatable bonds is 5. The van der Waals surface area contributed by atoms with E-state index in [4.69, 9.17) is 4.74 Å². The number of pyridine rings is 1. The summed E-state index contributed by atoms with van der Waals surface area (Å²) in [5, 5.41) is 10.5. The quantitative estimate of drug-likeness (QED) is 0.745. The number of ether oxygens (including phenoxy) is 1. The van der Waals surface area contributed by atoms with Crippen LogP contribution in [0.25, 0.3) is 5.69 Å². The number of nitrogens with zero attached hydrogens (tertiary/aromatic N) is 1. The minimum atomic E-state index is -0.766. The zero-order valence-electron chi connectivity index (χ0n) is 14.8. The molecule has 0 atom stereocenters. The summed E-state index contributed by atoms with van der Waals surface area (Å²) in [6, 6.07) is 16.6. The smallest absolute Gasteiger partial charge is 0.258 e. The van der Waals surface area contributed by atoms with Crippen LogP contribution < -0.4 is 10.3 Å². The van der Waals surface area contributed by atoms with E-state index in [9.17, 15) is 14.3 Å². The van der Waals surface area contributed by atoms with Crippen LogP contribution in [0.3, 0.4) is 0 Å². The van der Waals surface area contributed by atoms with Gasteiger partial charge in [0.1, 0.15) is 18.2 Å². The van der Waals surface area contributed by atoms with Gasteiger partial charge in [-0.25, -0.2) is 4.39 Å². The first-order valence-electron chi connectivity index (χ1n) is 8.97. The van der Waals surface area contributed by atoms with Crippen LogP contribution in [0.4, 0.5) is 4.39 Å². The molecule has 1 aliphatic carbocycles. The lowest BCUT2D eigenvalue weighted by molar-refractivity contribution is -0.0387. The van der Waals surface area contributed by atoms with Gasteiger partial charge < -0.3 is 9.84 Å². The third-order valence-electron chi connectivity index (χ3n) is 5.05. The van der Waals surface area contributed by atoms with Gasteiger partial charge in [0, 0.05) is 18.0 Å². The van der Waals surface area contributed by atoms with E-state index in [1.807, 2.05) is 24.3 Å². The van der Waals surface area contributed by atoms with Crippen molar-refractivity contribution >= 4 is 0 Å². The molecule has 4 nitrogen and oxygen atoms in total. The zero-order chi connectivity index (χ0) is 18.9. The van der Waals surface area contributed by atoms with E-state index in [0.717, 1.165) is 30.4 Å². The second kappa shape index (κ2) is 7.00. The summed E-state index contributed by atoms with van der Waals surface area (Å²) in [6.07, 6.45) is 4.18. The van der Waals surface area contributed by atoms with E-state index >= 15 is 0 Å². The van der Waals surface area contributed by atoms with E-state index in [1.54, 1.807) is 24.4 Å². The second-order valence-electron chi connectivity index (χ2n) is 6.92. The number of aliphatic hydroxyl groups is 1. The fourth-order valence-corrected chi connectivity index (χ4v) is 3.26. The molecule has 1 aliphatic rings. The van der Waals surface area contributed by atoms with Crippen molar-refractivity contribution in [1.82, 2.24) is 4.57 Å². The predicted molar refractivity (Wildman–Crippen MR) is 101 cm³/mol. The van der Waals surface area contributed by atoms with E-state index in [-0.39, 0.29) is 18.0 Å². The largest absolute Gasteiger partial charge is 0.489 e.